The SMILES string of the molecule is O=C(CNC(=O)c1ccc(F)c(C(F)(F)F)c1)NC1CN([C@H]2CC[C@@H](c3ccccc3)CC2)C1. The number of hydrogen-bond donors (Lipinski definition) is 2. The Labute approximate surface area is 195 Å². The predicted molar refractivity (Wildman–Crippen MR) is 119 cm³/mol. The first kappa shape index (κ1) is 24.2. The molecule has 2 fully saturated rings. The van der Waals surface area contributed by atoms with Crippen LogP contribution in [0.2, 0.25) is 0 Å². The predicted octanol–water partition coefficient (Wildman–Crippen LogP) is 4.10. The minimum absolute atomic E-state index is 0.0149. The maximum Gasteiger partial charge on any atom is 0.419 e. The van der Waals surface area contributed by atoms with Crippen molar-refractivity contribution in [3.8, 4) is 0 Å². The third-order valence-electron chi connectivity index (χ3n) is 6.70. The van der Waals surface area contributed by atoms with Gasteiger partial charge in [0.2, 0.25) is 5.91 Å². The van der Waals surface area contributed by atoms with Crippen LogP contribution in [0.15, 0.2) is 48.5 Å². The van der Waals surface area contributed by atoms with Gasteiger partial charge in [0.25, 0.3) is 5.91 Å². The molecular weight excluding hydrogens is 450 g/mol. The van der Waals surface area contributed by atoms with E-state index in [9.17, 15) is 27.2 Å². The Morgan fingerprint density at radius 3 is 2.29 bits per heavy atom. The van der Waals surface area contributed by atoms with Crippen LogP contribution < -0.4 is 10.6 Å². The molecule has 1 heterocycles. The summed E-state index contributed by atoms with van der Waals surface area (Å²) in [6, 6.07) is 13.0. The van der Waals surface area contributed by atoms with Crippen molar-refractivity contribution in [1.82, 2.24) is 15.5 Å². The maximum absolute atomic E-state index is 13.4. The van der Waals surface area contributed by atoms with Crippen molar-refractivity contribution in [2.75, 3.05) is 19.6 Å². The molecule has 2 amide bonds. The fraction of sp³-hybridized carbons (Fsp3) is 0.440. The molecular formula is C25H27F4N3O2. The van der Waals surface area contributed by atoms with Crippen molar-refractivity contribution in [2.45, 2.75) is 49.9 Å². The number of likely N-dealkylation sites (tertiary alicyclic amines) is 1. The highest BCUT2D eigenvalue weighted by Crippen LogP contribution is 2.36. The van der Waals surface area contributed by atoms with E-state index in [2.05, 4.69) is 39.8 Å². The van der Waals surface area contributed by atoms with E-state index in [1.54, 1.807) is 0 Å². The number of carbonyl (C=O) groups excluding carboxylic acids is 2. The normalized spacial score (nSPS) is 21.5. The molecule has 0 aromatic heterocycles. The molecule has 9 heteroatoms. The Bertz CT molecular complexity index is 1010. The Hall–Kier alpha value is -2.94. The number of carbonyl (C=O) groups is 2. The van der Waals surface area contributed by atoms with Gasteiger partial charge in [0.1, 0.15) is 5.82 Å². The minimum Gasteiger partial charge on any atom is -0.349 e. The van der Waals surface area contributed by atoms with Gasteiger partial charge in [-0.2, -0.15) is 13.2 Å². The van der Waals surface area contributed by atoms with Gasteiger partial charge < -0.3 is 10.6 Å². The second kappa shape index (κ2) is 10.1. The summed E-state index contributed by atoms with van der Waals surface area (Å²) in [6.45, 7) is 1.12. The van der Waals surface area contributed by atoms with Gasteiger partial charge in [0.15, 0.2) is 0 Å². The molecule has 34 heavy (non-hydrogen) atoms. The van der Waals surface area contributed by atoms with Gasteiger partial charge >= 0.3 is 6.18 Å². The monoisotopic (exact) mass is 477 g/mol. The number of hydrogen-bond acceptors (Lipinski definition) is 3. The molecule has 5 nitrogen and oxygen atoms in total. The van der Waals surface area contributed by atoms with E-state index in [1.807, 2.05) is 6.07 Å². The summed E-state index contributed by atoms with van der Waals surface area (Å²) in [4.78, 5) is 26.6. The van der Waals surface area contributed by atoms with Gasteiger partial charge in [0, 0.05) is 24.7 Å². The summed E-state index contributed by atoms with van der Waals surface area (Å²) in [5.41, 5.74) is -0.480. The molecule has 1 aliphatic heterocycles. The lowest BCUT2D eigenvalue weighted by Crippen LogP contribution is -2.63. The van der Waals surface area contributed by atoms with Crippen molar-refractivity contribution in [1.29, 1.82) is 0 Å². The summed E-state index contributed by atoms with van der Waals surface area (Å²) >= 11 is 0. The van der Waals surface area contributed by atoms with E-state index in [0.29, 0.717) is 24.1 Å². The molecule has 2 aliphatic rings. The zero-order chi connectivity index (χ0) is 24.3. The summed E-state index contributed by atoms with van der Waals surface area (Å²) in [7, 11) is 0. The van der Waals surface area contributed by atoms with Crippen LogP contribution in [0.25, 0.3) is 0 Å². The van der Waals surface area contributed by atoms with E-state index in [-0.39, 0.29) is 18.2 Å². The molecule has 2 N–H and O–H groups in total. The smallest absolute Gasteiger partial charge is 0.349 e. The lowest BCUT2D eigenvalue weighted by atomic mass is 9.80. The minimum atomic E-state index is -4.91. The summed E-state index contributed by atoms with van der Waals surface area (Å²) in [5, 5.41) is 5.13. The molecule has 4 rings (SSSR count). The Kier molecular flexibility index (Phi) is 7.21. The first-order valence-electron chi connectivity index (χ1n) is 11.4. The third kappa shape index (κ3) is 5.75. The van der Waals surface area contributed by atoms with Crippen LogP contribution >= 0.6 is 0 Å². The largest absolute Gasteiger partial charge is 0.419 e. The molecule has 1 saturated heterocycles. The van der Waals surface area contributed by atoms with Crippen LogP contribution in [0.3, 0.4) is 0 Å². The van der Waals surface area contributed by atoms with E-state index in [0.717, 1.165) is 44.8 Å². The molecule has 1 aliphatic carbocycles. The molecule has 182 valence electrons. The second-order valence-electron chi connectivity index (χ2n) is 9.01. The van der Waals surface area contributed by atoms with Crippen LogP contribution in [0.4, 0.5) is 17.6 Å². The third-order valence-corrected chi connectivity index (χ3v) is 6.70. The first-order chi connectivity index (χ1) is 16.2. The van der Waals surface area contributed by atoms with Crippen LogP contribution in [0, 0.1) is 5.82 Å². The first-order valence-corrected chi connectivity index (χ1v) is 11.4. The van der Waals surface area contributed by atoms with Gasteiger partial charge in [-0.15, -0.1) is 0 Å². The van der Waals surface area contributed by atoms with Crippen LogP contribution in [-0.4, -0.2) is 48.4 Å². The lowest BCUT2D eigenvalue weighted by molar-refractivity contribution is -0.140. The standard InChI is InChI=1S/C25H27F4N3O2/c26-22-11-8-18(12-21(22)25(27,28)29)24(34)30-13-23(33)31-19-14-32(15-19)20-9-6-17(7-10-20)16-4-2-1-3-5-16/h1-5,8,11-12,17,19-20H,6-7,9-10,13-15H2,(H,30,34)(H,31,33)/t17-,20+. The number of benzene rings is 2. The molecule has 2 aromatic carbocycles. The van der Waals surface area contributed by atoms with E-state index >= 15 is 0 Å². The van der Waals surface area contributed by atoms with Gasteiger partial charge in [-0.25, -0.2) is 4.39 Å². The van der Waals surface area contributed by atoms with E-state index in [1.165, 1.54) is 5.56 Å². The lowest BCUT2D eigenvalue weighted by Gasteiger charge is -2.46. The fourth-order valence-electron chi connectivity index (χ4n) is 4.83. The number of nitrogens with zero attached hydrogens (tertiary/aromatic N) is 1. The van der Waals surface area contributed by atoms with Gasteiger partial charge in [-0.1, -0.05) is 30.3 Å². The van der Waals surface area contributed by atoms with Crippen molar-refractivity contribution in [3.05, 3.63) is 71.0 Å². The number of alkyl halides is 3. The fourth-order valence-corrected chi connectivity index (χ4v) is 4.83. The van der Waals surface area contributed by atoms with Crippen molar-refractivity contribution in [2.24, 2.45) is 0 Å². The van der Waals surface area contributed by atoms with Crippen molar-refractivity contribution in [3.63, 3.8) is 0 Å². The Morgan fingerprint density at radius 2 is 1.65 bits per heavy atom. The average molecular weight is 478 g/mol. The Morgan fingerprint density at radius 1 is 0.971 bits per heavy atom. The molecule has 0 bridgehead atoms. The molecule has 1 saturated carbocycles. The van der Waals surface area contributed by atoms with Gasteiger partial charge in [-0.05, 0) is 55.4 Å². The Balaban J connectivity index is 1.17. The highest BCUT2D eigenvalue weighted by atomic mass is 19.4. The van der Waals surface area contributed by atoms with Crippen LogP contribution in [0.5, 0.6) is 0 Å². The molecule has 0 unspecified atom stereocenters. The molecule has 2 aromatic rings. The number of rotatable bonds is 6. The van der Waals surface area contributed by atoms with E-state index < -0.39 is 29.4 Å². The summed E-state index contributed by atoms with van der Waals surface area (Å²) in [6.07, 6.45) is -0.377. The molecule has 0 spiro atoms. The van der Waals surface area contributed by atoms with Crippen LogP contribution in [-0.2, 0) is 11.0 Å². The topological polar surface area (TPSA) is 61.4 Å². The number of nitrogens with one attached hydrogen (secondary N) is 2. The maximum atomic E-state index is 13.4. The average Bonchev–Trinajstić information content (AvgIpc) is 2.80. The molecule has 0 atom stereocenters. The van der Waals surface area contributed by atoms with Crippen molar-refractivity contribution < 1.29 is 27.2 Å². The number of amides is 2. The molecule has 0 radical (unpaired) electrons. The van der Waals surface area contributed by atoms with Crippen LogP contribution in [0.1, 0.15) is 53.1 Å². The second-order valence-corrected chi connectivity index (χ2v) is 9.01. The summed E-state index contributed by atoms with van der Waals surface area (Å²) in [5.74, 6) is -2.13. The van der Waals surface area contributed by atoms with Gasteiger partial charge in [-0.3, -0.25) is 14.5 Å². The highest BCUT2D eigenvalue weighted by molar-refractivity contribution is 5.96. The quantitative estimate of drug-likeness (QED) is 0.616. The number of halogens is 4. The van der Waals surface area contributed by atoms with Gasteiger partial charge in [0.05, 0.1) is 18.2 Å². The van der Waals surface area contributed by atoms with Crippen molar-refractivity contribution >= 4 is 11.8 Å². The zero-order valence-corrected chi connectivity index (χ0v) is 18.6. The highest BCUT2D eigenvalue weighted by Gasteiger charge is 2.36. The summed E-state index contributed by atoms with van der Waals surface area (Å²) < 4.78 is 51.8. The van der Waals surface area contributed by atoms with E-state index in [4.69, 9.17) is 0 Å². The zero-order valence-electron chi connectivity index (χ0n) is 18.6.